The van der Waals surface area contributed by atoms with Crippen molar-refractivity contribution in [3.63, 3.8) is 0 Å². The smallest absolute Gasteiger partial charge is 0.311 e. The molecule has 1 heterocycles. The van der Waals surface area contributed by atoms with Crippen LogP contribution in [-0.4, -0.2) is 23.2 Å². The Morgan fingerprint density at radius 3 is 3.00 bits per heavy atom. The van der Waals surface area contributed by atoms with Crippen molar-refractivity contribution in [3.05, 3.63) is 23.0 Å². The lowest BCUT2D eigenvalue weighted by Gasteiger charge is -2.01. The second-order valence-electron chi connectivity index (χ2n) is 2.35. The molecule has 4 nitrogen and oxygen atoms in total. The Hall–Kier alpha value is -1.29. The van der Waals surface area contributed by atoms with Gasteiger partial charge in [-0.2, -0.15) is 0 Å². The number of hydrogen-bond donors (Lipinski definition) is 1. The molecule has 1 aromatic heterocycles. The zero-order valence-electron chi connectivity index (χ0n) is 6.95. The maximum absolute atomic E-state index is 10.8. The number of hydrogen-bond acceptors (Lipinski definition) is 4. The highest BCUT2D eigenvalue weighted by atomic mass is 35.5. The first-order valence-corrected chi connectivity index (χ1v) is 3.92. The Bertz CT molecular complexity index is 327. The third-order valence-corrected chi connectivity index (χ3v) is 1.67. The number of carbonyl (C=O) groups is 1. The van der Waals surface area contributed by atoms with E-state index < -0.39 is 5.97 Å². The van der Waals surface area contributed by atoms with Crippen molar-refractivity contribution in [1.82, 2.24) is 4.98 Å². The Labute approximate surface area is 80.1 Å². The summed E-state index contributed by atoms with van der Waals surface area (Å²) in [6, 6.07) is 2.82. The summed E-state index contributed by atoms with van der Waals surface area (Å²) in [6.07, 6.45) is -0.0805. The van der Waals surface area contributed by atoms with Gasteiger partial charge in [-0.05, 0) is 12.1 Å². The van der Waals surface area contributed by atoms with Crippen LogP contribution in [0.2, 0.25) is 5.15 Å². The summed E-state index contributed by atoms with van der Waals surface area (Å²) in [5.74, 6) is -0.528. The van der Waals surface area contributed by atoms with Crippen LogP contribution in [0.3, 0.4) is 0 Å². The highest BCUT2D eigenvalue weighted by Gasteiger charge is 2.09. The molecule has 0 fully saturated rings. The van der Waals surface area contributed by atoms with E-state index in [9.17, 15) is 9.90 Å². The van der Waals surface area contributed by atoms with Gasteiger partial charge in [-0.15, -0.1) is 0 Å². The Balaban J connectivity index is 2.87. The van der Waals surface area contributed by atoms with Crippen LogP contribution in [0, 0.1) is 0 Å². The topological polar surface area (TPSA) is 59.4 Å². The third-order valence-electron chi connectivity index (χ3n) is 1.46. The minimum Gasteiger partial charge on any atom is -0.506 e. The van der Waals surface area contributed by atoms with Gasteiger partial charge in [0.1, 0.15) is 10.9 Å². The molecule has 0 saturated carbocycles. The van der Waals surface area contributed by atoms with Crippen molar-refractivity contribution in [2.24, 2.45) is 0 Å². The number of aromatic hydroxyl groups is 1. The van der Waals surface area contributed by atoms with E-state index in [4.69, 9.17) is 11.6 Å². The normalized spacial score (nSPS) is 9.69. The predicted octanol–water partition coefficient (Wildman–Crippen LogP) is 1.16. The van der Waals surface area contributed by atoms with Crippen LogP contribution in [0.25, 0.3) is 0 Å². The van der Waals surface area contributed by atoms with Gasteiger partial charge in [-0.3, -0.25) is 4.79 Å². The van der Waals surface area contributed by atoms with E-state index >= 15 is 0 Å². The first kappa shape index (κ1) is 9.80. The van der Waals surface area contributed by atoms with E-state index in [1.807, 2.05) is 0 Å². The number of aromatic nitrogens is 1. The van der Waals surface area contributed by atoms with Crippen LogP contribution in [0.4, 0.5) is 0 Å². The van der Waals surface area contributed by atoms with E-state index in [0.29, 0.717) is 0 Å². The fourth-order valence-corrected chi connectivity index (χ4v) is 0.971. The van der Waals surface area contributed by atoms with Crippen LogP contribution in [0.5, 0.6) is 5.75 Å². The van der Waals surface area contributed by atoms with Gasteiger partial charge in [-0.1, -0.05) is 11.6 Å². The lowest BCUT2D eigenvalue weighted by Crippen LogP contribution is -2.06. The number of carbonyl (C=O) groups excluding carboxylic acids is 1. The van der Waals surface area contributed by atoms with E-state index in [1.165, 1.54) is 19.2 Å². The number of rotatable bonds is 2. The highest BCUT2D eigenvalue weighted by molar-refractivity contribution is 6.29. The monoisotopic (exact) mass is 201 g/mol. The minimum atomic E-state index is -0.468. The van der Waals surface area contributed by atoms with Crippen molar-refractivity contribution >= 4 is 17.6 Å². The number of pyridine rings is 1. The van der Waals surface area contributed by atoms with Crippen molar-refractivity contribution in [2.45, 2.75) is 6.42 Å². The third kappa shape index (κ3) is 2.59. The fourth-order valence-electron chi connectivity index (χ4n) is 0.806. The molecular formula is C8H8ClNO3. The second-order valence-corrected chi connectivity index (χ2v) is 2.74. The number of halogens is 1. The highest BCUT2D eigenvalue weighted by Crippen LogP contribution is 2.17. The van der Waals surface area contributed by atoms with Crippen LogP contribution < -0.4 is 0 Å². The van der Waals surface area contributed by atoms with Crippen LogP contribution in [0.1, 0.15) is 5.69 Å². The van der Waals surface area contributed by atoms with Gasteiger partial charge in [0.25, 0.3) is 0 Å². The van der Waals surface area contributed by atoms with Crippen molar-refractivity contribution in [2.75, 3.05) is 7.11 Å². The van der Waals surface area contributed by atoms with Gasteiger partial charge >= 0.3 is 5.97 Å². The minimum absolute atomic E-state index is 0.0604. The molecule has 0 aliphatic rings. The molecule has 0 amide bonds. The van der Waals surface area contributed by atoms with Crippen molar-refractivity contribution in [3.8, 4) is 5.75 Å². The average Bonchev–Trinajstić information content (AvgIpc) is 2.11. The molecule has 1 rings (SSSR count). The number of nitrogens with zero attached hydrogens (tertiary/aromatic N) is 1. The van der Waals surface area contributed by atoms with Gasteiger partial charge in [0, 0.05) is 0 Å². The van der Waals surface area contributed by atoms with Gasteiger partial charge in [-0.25, -0.2) is 4.98 Å². The van der Waals surface area contributed by atoms with Gasteiger partial charge in [0.05, 0.1) is 19.2 Å². The summed E-state index contributed by atoms with van der Waals surface area (Å²) in [5.41, 5.74) is 0.222. The Morgan fingerprint density at radius 1 is 1.69 bits per heavy atom. The molecule has 0 radical (unpaired) electrons. The number of methoxy groups -OCH3 is 1. The zero-order valence-corrected chi connectivity index (χ0v) is 7.71. The summed E-state index contributed by atoms with van der Waals surface area (Å²) in [5, 5.41) is 9.48. The maximum Gasteiger partial charge on any atom is 0.311 e. The molecule has 1 N–H and O–H groups in total. The van der Waals surface area contributed by atoms with Crippen LogP contribution in [-0.2, 0) is 16.0 Å². The SMILES string of the molecule is COC(=O)Cc1nc(Cl)ccc1O. The molecule has 0 unspecified atom stereocenters. The molecule has 70 valence electrons. The lowest BCUT2D eigenvalue weighted by atomic mass is 10.2. The molecule has 0 bridgehead atoms. The van der Waals surface area contributed by atoms with Gasteiger partial charge in [0.2, 0.25) is 0 Å². The average molecular weight is 202 g/mol. The van der Waals surface area contributed by atoms with Gasteiger partial charge in [0.15, 0.2) is 0 Å². The molecular weight excluding hydrogens is 194 g/mol. The van der Waals surface area contributed by atoms with Crippen molar-refractivity contribution in [1.29, 1.82) is 0 Å². The molecule has 0 spiro atoms. The van der Waals surface area contributed by atoms with E-state index in [-0.39, 0.29) is 23.0 Å². The predicted molar refractivity (Wildman–Crippen MR) is 46.6 cm³/mol. The standard InChI is InChI=1S/C8H8ClNO3/c1-13-8(12)4-5-6(11)2-3-7(9)10-5/h2-3,11H,4H2,1H3. The van der Waals surface area contributed by atoms with Crippen molar-refractivity contribution < 1.29 is 14.6 Å². The molecule has 0 saturated heterocycles. The molecule has 0 aliphatic carbocycles. The summed E-state index contributed by atoms with van der Waals surface area (Å²) in [6.45, 7) is 0. The maximum atomic E-state index is 10.8. The second kappa shape index (κ2) is 4.09. The largest absolute Gasteiger partial charge is 0.506 e. The zero-order chi connectivity index (χ0) is 9.84. The summed E-state index contributed by atoms with van der Waals surface area (Å²) in [7, 11) is 1.27. The van der Waals surface area contributed by atoms with Crippen LogP contribution >= 0.6 is 11.6 Å². The Kier molecular flexibility index (Phi) is 3.08. The summed E-state index contributed by atoms with van der Waals surface area (Å²) >= 11 is 5.57. The fraction of sp³-hybridized carbons (Fsp3) is 0.250. The quantitative estimate of drug-likeness (QED) is 0.576. The van der Waals surface area contributed by atoms with E-state index in [0.717, 1.165) is 0 Å². The van der Waals surface area contributed by atoms with E-state index in [2.05, 4.69) is 9.72 Å². The molecule has 0 atom stereocenters. The summed E-state index contributed by atoms with van der Waals surface area (Å²) < 4.78 is 4.42. The van der Waals surface area contributed by atoms with E-state index in [1.54, 1.807) is 0 Å². The molecule has 0 aliphatic heterocycles. The molecule has 1 aromatic rings. The first-order chi connectivity index (χ1) is 6.13. The number of esters is 1. The lowest BCUT2D eigenvalue weighted by molar-refractivity contribution is -0.139. The van der Waals surface area contributed by atoms with Crippen LogP contribution in [0.15, 0.2) is 12.1 Å². The number of ether oxygens (including phenoxy) is 1. The first-order valence-electron chi connectivity index (χ1n) is 3.54. The summed E-state index contributed by atoms with van der Waals surface area (Å²) in [4.78, 5) is 14.6. The molecule has 13 heavy (non-hydrogen) atoms. The van der Waals surface area contributed by atoms with Gasteiger partial charge < -0.3 is 9.84 Å². The Morgan fingerprint density at radius 2 is 2.38 bits per heavy atom. The molecule has 5 heteroatoms. The molecule has 0 aromatic carbocycles.